The minimum Gasteiger partial charge on any atom is -0.493 e. The van der Waals surface area contributed by atoms with E-state index in [1.807, 2.05) is 31.3 Å². The number of fused-ring (bicyclic) bond motifs is 1. The largest absolute Gasteiger partial charge is 0.493 e. The lowest BCUT2D eigenvalue weighted by atomic mass is 10.00. The Morgan fingerprint density at radius 3 is 2.03 bits per heavy atom. The van der Waals surface area contributed by atoms with Gasteiger partial charge in [-0.3, -0.25) is 4.79 Å². The third kappa shape index (κ3) is 4.01. The predicted octanol–water partition coefficient (Wildman–Crippen LogP) is 3.56. The lowest BCUT2D eigenvalue weighted by molar-refractivity contribution is -0.118. The zero-order valence-corrected chi connectivity index (χ0v) is 18.3. The fourth-order valence-electron chi connectivity index (χ4n) is 3.66. The number of benzene rings is 2. The molecule has 0 radical (unpaired) electrons. The minimum absolute atomic E-state index is 0.0548. The Balaban J connectivity index is 2.18. The second-order valence-corrected chi connectivity index (χ2v) is 6.95. The van der Waals surface area contributed by atoms with Crippen molar-refractivity contribution in [2.24, 2.45) is 7.05 Å². The number of amides is 1. The monoisotopic (exact) mass is 412 g/mol. The van der Waals surface area contributed by atoms with Gasteiger partial charge in [0, 0.05) is 43.2 Å². The molecule has 3 rings (SSSR count). The molecule has 2 aromatic carbocycles. The highest BCUT2D eigenvalue weighted by Crippen LogP contribution is 2.40. The van der Waals surface area contributed by atoms with Crippen LogP contribution in [-0.4, -0.2) is 45.5 Å². The van der Waals surface area contributed by atoms with E-state index in [0.717, 1.165) is 27.7 Å². The second-order valence-electron chi connectivity index (χ2n) is 6.95. The highest BCUT2D eigenvalue weighted by Gasteiger charge is 2.18. The summed E-state index contributed by atoms with van der Waals surface area (Å²) in [6.07, 6.45) is 0.656. The van der Waals surface area contributed by atoms with Gasteiger partial charge in [-0.1, -0.05) is 0 Å². The first-order valence-corrected chi connectivity index (χ1v) is 9.64. The van der Waals surface area contributed by atoms with E-state index in [9.17, 15) is 4.79 Å². The van der Waals surface area contributed by atoms with Crippen LogP contribution in [0.1, 0.15) is 12.5 Å². The number of carbonyl (C=O) groups is 1. The van der Waals surface area contributed by atoms with E-state index in [-0.39, 0.29) is 5.91 Å². The molecular formula is C23H28N2O5. The summed E-state index contributed by atoms with van der Waals surface area (Å²) in [5.74, 6) is 2.61. The van der Waals surface area contributed by atoms with Crippen LogP contribution in [0.2, 0.25) is 0 Å². The molecule has 0 fully saturated rings. The molecule has 1 heterocycles. The summed E-state index contributed by atoms with van der Waals surface area (Å²) in [5, 5.41) is 3.89. The Labute approximate surface area is 176 Å². The topological polar surface area (TPSA) is 71.0 Å². The van der Waals surface area contributed by atoms with Crippen molar-refractivity contribution >= 4 is 16.8 Å². The van der Waals surface area contributed by atoms with Gasteiger partial charge < -0.3 is 28.8 Å². The van der Waals surface area contributed by atoms with Gasteiger partial charge in [0.1, 0.15) is 0 Å². The summed E-state index contributed by atoms with van der Waals surface area (Å²) in [6.45, 7) is 2.05. The van der Waals surface area contributed by atoms with Crippen molar-refractivity contribution in [1.29, 1.82) is 0 Å². The van der Waals surface area contributed by atoms with Crippen LogP contribution >= 0.6 is 0 Å². The molecule has 30 heavy (non-hydrogen) atoms. The molecule has 0 spiro atoms. The van der Waals surface area contributed by atoms with E-state index in [1.54, 1.807) is 28.4 Å². The highest BCUT2D eigenvalue weighted by molar-refractivity contribution is 5.90. The Bertz CT molecular complexity index is 1070. The molecule has 0 atom stereocenters. The molecule has 1 aromatic heterocycles. The first-order chi connectivity index (χ1) is 14.4. The van der Waals surface area contributed by atoms with Crippen molar-refractivity contribution in [3.63, 3.8) is 0 Å². The SMILES string of the molecule is COc1cc(CCNC(C)=O)c(-c2cc3cc(OC)c(OC)cc3n2C)cc1OC. The number of aromatic nitrogens is 1. The van der Waals surface area contributed by atoms with Gasteiger partial charge in [-0.05, 0) is 36.2 Å². The average molecular weight is 412 g/mol. The first kappa shape index (κ1) is 21.4. The molecule has 3 aromatic rings. The molecule has 0 unspecified atom stereocenters. The highest BCUT2D eigenvalue weighted by atomic mass is 16.5. The normalized spacial score (nSPS) is 10.7. The summed E-state index contributed by atoms with van der Waals surface area (Å²) in [4.78, 5) is 11.3. The Morgan fingerprint density at radius 2 is 1.43 bits per heavy atom. The van der Waals surface area contributed by atoms with Crippen LogP contribution in [0.25, 0.3) is 22.2 Å². The molecule has 0 aliphatic carbocycles. The van der Waals surface area contributed by atoms with E-state index in [1.165, 1.54) is 6.92 Å². The maximum Gasteiger partial charge on any atom is 0.216 e. The van der Waals surface area contributed by atoms with Crippen molar-refractivity contribution < 1.29 is 23.7 Å². The Hall–Kier alpha value is -3.35. The number of ether oxygens (including phenoxy) is 4. The van der Waals surface area contributed by atoms with Gasteiger partial charge >= 0.3 is 0 Å². The van der Waals surface area contributed by atoms with Crippen LogP contribution in [-0.2, 0) is 18.3 Å². The maximum atomic E-state index is 11.3. The molecule has 0 aliphatic heterocycles. The third-order valence-corrected chi connectivity index (χ3v) is 5.20. The summed E-state index contributed by atoms with van der Waals surface area (Å²) < 4.78 is 24.1. The number of aryl methyl sites for hydroxylation is 1. The Kier molecular flexibility index (Phi) is 6.40. The summed E-state index contributed by atoms with van der Waals surface area (Å²) in [5.41, 5.74) is 4.09. The quantitative estimate of drug-likeness (QED) is 0.613. The first-order valence-electron chi connectivity index (χ1n) is 9.64. The number of carbonyl (C=O) groups excluding carboxylic acids is 1. The van der Waals surface area contributed by atoms with Crippen LogP contribution < -0.4 is 24.3 Å². The minimum atomic E-state index is -0.0548. The second kappa shape index (κ2) is 8.98. The van der Waals surface area contributed by atoms with Crippen LogP contribution in [0.5, 0.6) is 23.0 Å². The molecule has 0 aliphatic rings. The van der Waals surface area contributed by atoms with Gasteiger partial charge in [-0.15, -0.1) is 0 Å². The smallest absolute Gasteiger partial charge is 0.216 e. The van der Waals surface area contributed by atoms with Crippen LogP contribution in [0.15, 0.2) is 30.3 Å². The number of nitrogens with one attached hydrogen (secondary N) is 1. The summed E-state index contributed by atoms with van der Waals surface area (Å²) >= 11 is 0. The van der Waals surface area contributed by atoms with E-state index < -0.39 is 0 Å². The zero-order valence-electron chi connectivity index (χ0n) is 18.3. The van der Waals surface area contributed by atoms with Crippen molar-refractivity contribution in [3.05, 3.63) is 35.9 Å². The molecule has 7 nitrogen and oxygen atoms in total. The van der Waals surface area contributed by atoms with Gasteiger partial charge in [-0.2, -0.15) is 0 Å². The van der Waals surface area contributed by atoms with Gasteiger partial charge in [0.15, 0.2) is 23.0 Å². The third-order valence-electron chi connectivity index (χ3n) is 5.20. The molecule has 1 N–H and O–H groups in total. The van der Waals surface area contributed by atoms with Crippen molar-refractivity contribution in [2.75, 3.05) is 35.0 Å². The van der Waals surface area contributed by atoms with Crippen LogP contribution in [0, 0.1) is 0 Å². The fraction of sp³-hybridized carbons (Fsp3) is 0.348. The number of rotatable bonds is 8. The van der Waals surface area contributed by atoms with Crippen molar-refractivity contribution in [2.45, 2.75) is 13.3 Å². The molecular weight excluding hydrogens is 384 g/mol. The molecule has 0 saturated heterocycles. The standard InChI is InChI=1S/C23H28N2O5/c1-14(26)24-8-7-15-10-20(27-3)22(29-5)12-17(15)19-9-16-11-21(28-4)23(30-6)13-18(16)25(19)2/h9-13H,7-8H2,1-6H3,(H,24,26). The maximum absolute atomic E-state index is 11.3. The van der Waals surface area contributed by atoms with Crippen LogP contribution in [0.4, 0.5) is 0 Å². The average Bonchev–Trinajstić information content (AvgIpc) is 3.07. The fourth-order valence-corrected chi connectivity index (χ4v) is 3.66. The Morgan fingerprint density at radius 1 is 0.867 bits per heavy atom. The summed E-state index contributed by atoms with van der Waals surface area (Å²) in [7, 11) is 8.50. The number of hydrogen-bond donors (Lipinski definition) is 1. The van der Waals surface area contributed by atoms with Crippen molar-refractivity contribution in [1.82, 2.24) is 9.88 Å². The van der Waals surface area contributed by atoms with Gasteiger partial charge in [0.25, 0.3) is 0 Å². The molecule has 1 amide bonds. The van der Waals surface area contributed by atoms with E-state index in [4.69, 9.17) is 18.9 Å². The lowest BCUT2D eigenvalue weighted by Crippen LogP contribution is -2.22. The number of hydrogen-bond acceptors (Lipinski definition) is 5. The van der Waals surface area contributed by atoms with Crippen LogP contribution in [0.3, 0.4) is 0 Å². The molecule has 160 valence electrons. The van der Waals surface area contributed by atoms with Gasteiger partial charge in [-0.25, -0.2) is 0 Å². The zero-order chi connectivity index (χ0) is 21.8. The predicted molar refractivity (Wildman–Crippen MR) is 117 cm³/mol. The van der Waals surface area contributed by atoms with E-state index >= 15 is 0 Å². The molecule has 7 heteroatoms. The van der Waals surface area contributed by atoms with Crippen molar-refractivity contribution in [3.8, 4) is 34.3 Å². The lowest BCUT2D eigenvalue weighted by Gasteiger charge is -2.16. The van der Waals surface area contributed by atoms with Gasteiger partial charge in [0.05, 0.1) is 34.0 Å². The van der Waals surface area contributed by atoms with E-state index in [2.05, 4.69) is 16.0 Å². The number of nitrogens with zero attached hydrogens (tertiary/aromatic N) is 1. The summed E-state index contributed by atoms with van der Waals surface area (Å²) in [6, 6.07) is 9.99. The molecule has 0 bridgehead atoms. The number of methoxy groups -OCH3 is 4. The van der Waals surface area contributed by atoms with Gasteiger partial charge in [0.2, 0.25) is 5.91 Å². The van der Waals surface area contributed by atoms with E-state index in [0.29, 0.717) is 36.0 Å². The molecule has 0 saturated carbocycles.